The molecule has 1 atom stereocenters. The highest BCUT2D eigenvalue weighted by molar-refractivity contribution is 8.03. The Hall–Kier alpha value is -1.96. The highest BCUT2D eigenvalue weighted by Crippen LogP contribution is 2.47. The first-order valence-corrected chi connectivity index (χ1v) is 8.22. The summed E-state index contributed by atoms with van der Waals surface area (Å²) in [4.78, 5) is 13.2. The Labute approximate surface area is 131 Å². The van der Waals surface area contributed by atoms with E-state index in [9.17, 15) is 4.79 Å². The third kappa shape index (κ3) is 2.76. The smallest absolute Gasteiger partial charge is 0.340 e. The van der Waals surface area contributed by atoms with E-state index >= 15 is 0 Å². The Morgan fingerprint density at radius 2 is 2.10 bits per heavy atom. The maximum Gasteiger partial charge on any atom is 0.340 e. The van der Waals surface area contributed by atoms with Gasteiger partial charge in [0, 0.05) is 10.4 Å². The summed E-state index contributed by atoms with van der Waals surface area (Å²) in [5.41, 5.74) is 2.78. The van der Waals surface area contributed by atoms with E-state index in [4.69, 9.17) is 11.2 Å². The number of benzene rings is 1. The molecule has 1 aliphatic rings. The summed E-state index contributed by atoms with van der Waals surface area (Å²) in [7, 11) is 0. The third-order valence-corrected chi connectivity index (χ3v) is 5.44. The molecule has 0 spiro atoms. The minimum atomic E-state index is -0.355. The third-order valence-electron chi connectivity index (χ3n) is 3.15. The maximum absolute atomic E-state index is 12.1. The molecule has 0 N–H and O–H groups in total. The molecule has 2 heterocycles. The van der Waals surface area contributed by atoms with Crippen LogP contribution in [0.5, 0.6) is 0 Å². The van der Waals surface area contributed by atoms with E-state index in [2.05, 4.69) is 18.1 Å². The normalized spacial score (nSPS) is 16.5. The lowest BCUT2D eigenvalue weighted by molar-refractivity contribution is -0.135. The number of fused-ring (bicyclic) bond motifs is 1. The van der Waals surface area contributed by atoms with Crippen LogP contribution in [-0.4, -0.2) is 12.6 Å². The van der Waals surface area contributed by atoms with Gasteiger partial charge in [0.15, 0.2) is 6.61 Å². The van der Waals surface area contributed by atoms with Crippen molar-refractivity contribution in [3.8, 4) is 12.3 Å². The number of esters is 1. The first-order chi connectivity index (χ1) is 10.3. The zero-order valence-electron chi connectivity index (χ0n) is 11.1. The van der Waals surface area contributed by atoms with Crippen LogP contribution in [0.25, 0.3) is 5.57 Å². The number of thiophene rings is 1. The molecule has 0 saturated heterocycles. The van der Waals surface area contributed by atoms with Crippen molar-refractivity contribution < 1.29 is 9.53 Å². The fraction of sp³-hybridized carbons (Fsp3) is 0.118. The first-order valence-electron chi connectivity index (χ1n) is 6.40. The van der Waals surface area contributed by atoms with Crippen molar-refractivity contribution in [1.29, 1.82) is 0 Å². The van der Waals surface area contributed by atoms with Crippen LogP contribution in [-0.2, 0) is 9.53 Å². The largest absolute Gasteiger partial charge is 0.449 e. The van der Waals surface area contributed by atoms with Crippen LogP contribution in [0.1, 0.15) is 21.3 Å². The molecule has 2 nitrogen and oxygen atoms in total. The van der Waals surface area contributed by atoms with Gasteiger partial charge in [-0.15, -0.1) is 29.5 Å². The van der Waals surface area contributed by atoms with Gasteiger partial charge in [-0.25, -0.2) is 4.79 Å². The monoisotopic (exact) mass is 312 g/mol. The SMILES string of the molecule is C#CCOC(=O)C1=CSC(c2ccccc2)c2sccc21. The topological polar surface area (TPSA) is 26.3 Å². The van der Waals surface area contributed by atoms with Crippen LogP contribution in [0.2, 0.25) is 0 Å². The molecule has 0 radical (unpaired) electrons. The lowest BCUT2D eigenvalue weighted by atomic mass is 10.0. The lowest BCUT2D eigenvalue weighted by Gasteiger charge is -2.21. The Morgan fingerprint density at radius 3 is 2.86 bits per heavy atom. The summed E-state index contributed by atoms with van der Waals surface area (Å²) in [5, 5.41) is 4.12. The average Bonchev–Trinajstić information content (AvgIpc) is 3.02. The van der Waals surface area contributed by atoms with Gasteiger partial charge >= 0.3 is 5.97 Å². The summed E-state index contributed by atoms with van der Waals surface area (Å²) < 4.78 is 5.05. The minimum absolute atomic E-state index is 0.00241. The molecule has 1 unspecified atom stereocenters. The van der Waals surface area contributed by atoms with Gasteiger partial charge in [0.1, 0.15) is 0 Å². The van der Waals surface area contributed by atoms with Crippen LogP contribution < -0.4 is 0 Å². The van der Waals surface area contributed by atoms with E-state index in [1.165, 1.54) is 10.4 Å². The van der Waals surface area contributed by atoms with Gasteiger partial charge in [0.05, 0.1) is 10.8 Å². The number of hydrogen-bond donors (Lipinski definition) is 0. The Balaban J connectivity index is 1.92. The molecular formula is C17H12O2S2. The fourth-order valence-corrected chi connectivity index (χ4v) is 4.52. The molecule has 4 heteroatoms. The van der Waals surface area contributed by atoms with Gasteiger partial charge in [-0.05, 0) is 22.4 Å². The van der Waals surface area contributed by atoms with Crippen molar-refractivity contribution in [3.05, 3.63) is 63.2 Å². The second-order valence-electron chi connectivity index (χ2n) is 4.44. The van der Waals surface area contributed by atoms with Crippen molar-refractivity contribution in [2.24, 2.45) is 0 Å². The van der Waals surface area contributed by atoms with Crippen molar-refractivity contribution in [3.63, 3.8) is 0 Å². The molecule has 1 aromatic heterocycles. The number of carbonyl (C=O) groups is 1. The molecule has 1 aliphatic heterocycles. The molecule has 21 heavy (non-hydrogen) atoms. The summed E-state index contributed by atoms with van der Waals surface area (Å²) in [5.74, 6) is 1.96. The number of carbonyl (C=O) groups excluding carboxylic acids is 1. The predicted octanol–water partition coefficient (Wildman–Crippen LogP) is 4.10. The molecule has 0 bridgehead atoms. The van der Waals surface area contributed by atoms with Gasteiger partial charge in [-0.1, -0.05) is 36.3 Å². The summed E-state index contributed by atoms with van der Waals surface area (Å²) in [6, 6.07) is 12.3. The molecule has 3 rings (SSSR count). The second-order valence-corrected chi connectivity index (χ2v) is 6.36. The summed E-state index contributed by atoms with van der Waals surface area (Å²) in [6.45, 7) is 0.00241. The molecule has 2 aromatic rings. The summed E-state index contributed by atoms with van der Waals surface area (Å²) >= 11 is 3.29. The van der Waals surface area contributed by atoms with Gasteiger partial charge in [0.25, 0.3) is 0 Å². The van der Waals surface area contributed by atoms with E-state index in [-0.39, 0.29) is 17.8 Å². The van der Waals surface area contributed by atoms with Crippen molar-refractivity contribution in [2.75, 3.05) is 6.61 Å². The molecule has 104 valence electrons. The van der Waals surface area contributed by atoms with Gasteiger partial charge < -0.3 is 4.74 Å². The predicted molar refractivity (Wildman–Crippen MR) is 88.0 cm³/mol. The minimum Gasteiger partial charge on any atom is -0.449 e. The highest BCUT2D eigenvalue weighted by Gasteiger charge is 2.28. The van der Waals surface area contributed by atoms with E-state index in [1.807, 2.05) is 35.1 Å². The standard InChI is InChI=1S/C17H12O2S2/c1-2-9-19-17(18)14-11-21-15(12-6-4-3-5-7-12)16-13(14)8-10-20-16/h1,3-8,10-11,15H,9H2. The van der Waals surface area contributed by atoms with Crippen LogP contribution in [0, 0.1) is 12.3 Å². The average molecular weight is 312 g/mol. The zero-order chi connectivity index (χ0) is 14.7. The van der Waals surface area contributed by atoms with Crippen LogP contribution in [0.15, 0.2) is 47.2 Å². The van der Waals surface area contributed by atoms with Gasteiger partial charge in [-0.2, -0.15) is 0 Å². The molecular weight excluding hydrogens is 300 g/mol. The second kappa shape index (κ2) is 6.21. The summed E-state index contributed by atoms with van der Waals surface area (Å²) in [6.07, 6.45) is 5.13. The first kappa shape index (κ1) is 14.0. The van der Waals surface area contributed by atoms with E-state index in [0.717, 1.165) is 5.56 Å². The number of ether oxygens (including phenoxy) is 1. The number of terminal acetylenes is 1. The fourth-order valence-electron chi connectivity index (χ4n) is 2.21. The number of hydrogen-bond acceptors (Lipinski definition) is 4. The van der Waals surface area contributed by atoms with Crippen molar-refractivity contribution in [1.82, 2.24) is 0 Å². The molecule has 1 aromatic carbocycles. The van der Waals surface area contributed by atoms with E-state index < -0.39 is 0 Å². The van der Waals surface area contributed by atoms with Crippen LogP contribution >= 0.6 is 23.1 Å². The number of rotatable bonds is 3. The van der Waals surface area contributed by atoms with Gasteiger partial charge in [0.2, 0.25) is 0 Å². The Kier molecular flexibility index (Phi) is 4.14. The highest BCUT2D eigenvalue weighted by atomic mass is 32.2. The quantitative estimate of drug-likeness (QED) is 0.630. The van der Waals surface area contributed by atoms with Gasteiger partial charge in [-0.3, -0.25) is 0 Å². The zero-order valence-corrected chi connectivity index (χ0v) is 12.7. The van der Waals surface area contributed by atoms with Crippen molar-refractivity contribution >= 4 is 34.6 Å². The lowest BCUT2D eigenvalue weighted by Crippen LogP contribution is -2.11. The molecule has 0 aliphatic carbocycles. The molecule has 0 fully saturated rings. The van der Waals surface area contributed by atoms with E-state index in [1.54, 1.807) is 23.1 Å². The van der Waals surface area contributed by atoms with Crippen LogP contribution in [0.3, 0.4) is 0 Å². The van der Waals surface area contributed by atoms with E-state index in [0.29, 0.717) is 5.57 Å². The van der Waals surface area contributed by atoms with Crippen LogP contribution in [0.4, 0.5) is 0 Å². The Morgan fingerprint density at radius 1 is 1.29 bits per heavy atom. The Bertz CT molecular complexity index is 723. The van der Waals surface area contributed by atoms with Crippen molar-refractivity contribution in [2.45, 2.75) is 5.25 Å². The molecule has 0 saturated carbocycles. The molecule has 0 amide bonds. The number of thioether (sulfide) groups is 1. The maximum atomic E-state index is 12.1.